The summed E-state index contributed by atoms with van der Waals surface area (Å²) < 4.78 is 0. The van der Waals surface area contributed by atoms with Gasteiger partial charge >= 0.3 is 5.97 Å². The highest BCUT2D eigenvalue weighted by Gasteiger charge is 2.32. The van der Waals surface area contributed by atoms with Crippen molar-refractivity contribution in [2.45, 2.75) is 58.4 Å². The molecule has 104 valence electrons. The maximum absolute atomic E-state index is 10.9. The van der Waals surface area contributed by atoms with Crippen molar-refractivity contribution in [1.82, 2.24) is 5.32 Å². The van der Waals surface area contributed by atoms with Gasteiger partial charge in [-0.1, -0.05) is 13.8 Å². The standard InChI is InChI=1S/C15H27NO2/c1-10(2)13-7-14(8-13)16-9-11-3-5-12(6-4-11)15(17)18/h10-14,16H,3-9H2,1-2H3,(H,17,18). The molecule has 2 rings (SSSR count). The molecule has 0 radical (unpaired) electrons. The number of nitrogens with one attached hydrogen (secondary N) is 1. The van der Waals surface area contributed by atoms with Crippen LogP contribution in [-0.2, 0) is 4.79 Å². The van der Waals surface area contributed by atoms with E-state index in [0.717, 1.165) is 50.1 Å². The Morgan fingerprint density at radius 2 is 1.83 bits per heavy atom. The number of carboxylic acid groups (broad SMARTS) is 1. The third-order valence-electron chi connectivity index (χ3n) is 5.01. The van der Waals surface area contributed by atoms with Crippen LogP contribution in [0.1, 0.15) is 52.4 Å². The van der Waals surface area contributed by atoms with E-state index in [4.69, 9.17) is 5.11 Å². The third kappa shape index (κ3) is 3.47. The molecule has 2 N–H and O–H groups in total. The van der Waals surface area contributed by atoms with Crippen molar-refractivity contribution in [1.29, 1.82) is 0 Å². The van der Waals surface area contributed by atoms with Crippen LogP contribution in [0.25, 0.3) is 0 Å². The molecule has 3 heteroatoms. The smallest absolute Gasteiger partial charge is 0.306 e. The maximum atomic E-state index is 10.9. The lowest BCUT2D eigenvalue weighted by Crippen LogP contribution is -2.45. The van der Waals surface area contributed by atoms with Crippen LogP contribution in [0.3, 0.4) is 0 Å². The third-order valence-corrected chi connectivity index (χ3v) is 5.01. The van der Waals surface area contributed by atoms with Gasteiger partial charge in [0.25, 0.3) is 0 Å². The Morgan fingerprint density at radius 1 is 1.22 bits per heavy atom. The van der Waals surface area contributed by atoms with E-state index in [9.17, 15) is 4.79 Å². The molecule has 0 atom stereocenters. The van der Waals surface area contributed by atoms with E-state index in [1.165, 1.54) is 12.8 Å². The Morgan fingerprint density at radius 3 is 2.33 bits per heavy atom. The lowest BCUT2D eigenvalue weighted by Gasteiger charge is -2.39. The number of rotatable bonds is 5. The summed E-state index contributed by atoms with van der Waals surface area (Å²) in [6.07, 6.45) is 6.60. The average Bonchev–Trinajstić information content (AvgIpc) is 2.27. The first-order valence-corrected chi connectivity index (χ1v) is 7.52. The van der Waals surface area contributed by atoms with Gasteiger partial charge in [0.1, 0.15) is 0 Å². The first kappa shape index (κ1) is 13.9. The molecule has 3 nitrogen and oxygen atoms in total. The van der Waals surface area contributed by atoms with Crippen LogP contribution in [0, 0.1) is 23.7 Å². The molecule has 18 heavy (non-hydrogen) atoms. The Bertz CT molecular complexity index is 276. The van der Waals surface area contributed by atoms with E-state index < -0.39 is 5.97 Å². The van der Waals surface area contributed by atoms with E-state index in [0.29, 0.717) is 5.92 Å². The monoisotopic (exact) mass is 253 g/mol. The Hall–Kier alpha value is -0.570. The predicted molar refractivity (Wildman–Crippen MR) is 72.4 cm³/mol. The molecule has 2 aliphatic carbocycles. The fraction of sp³-hybridized carbons (Fsp3) is 0.933. The molecule has 0 saturated heterocycles. The number of hydrogen-bond acceptors (Lipinski definition) is 2. The highest BCUT2D eigenvalue weighted by molar-refractivity contribution is 5.69. The van der Waals surface area contributed by atoms with Gasteiger partial charge in [0.2, 0.25) is 0 Å². The Labute approximate surface area is 110 Å². The maximum Gasteiger partial charge on any atom is 0.306 e. The topological polar surface area (TPSA) is 49.3 Å². The quantitative estimate of drug-likeness (QED) is 0.792. The molecule has 2 saturated carbocycles. The molecule has 0 aromatic carbocycles. The van der Waals surface area contributed by atoms with Crippen LogP contribution in [0.2, 0.25) is 0 Å². The van der Waals surface area contributed by atoms with Gasteiger partial charge in [0.15, 0.2) is 0 Å². The molecule has 0 aromatic rings. The summed E-state index contributed by atoms with van der Waals surface area (Å²) in [4.78, 5) is 10.9. The molecule has 0 unspecified atom stereocenters. The Balaban J connectivity index is 1.58. The van der Waals surface area contributed by atoms with Gasteiger partial charge in [-0.2, -0.15) is 0 Å². The highest BCUT2D eigenvalue weighted by atomic mass is 16.4. The summed E-state index contributed by atoms with van der Waals surface area (Å²) in [7, 11) is 0. The van der Waals surface area contributed by atoms with Gasteiger partial charge in [0, 0.05) is 6.04 Å². The molecule has 0 bridgehead atoms. The SMILES string of the molecule is CC(C)C1CC(NCC2CCC(C(=O)O)CC2)C1. The van der Waals surface area contributed by atoms with Crippen molar-refractivity contribution in [2.24, 2.45) is 23.7 Å². The van der Waals surface area contributed by atoms with Gasteiger partial charge in [-0.15, -0.1) is 0 Å². The second-order valence-corrected chi connectivity index (χ2v) is 6.64. The largest absolute Gasteiger partial charge is 0.481 e. The van der Waals surface area contributed by atoms with Crippen LogP contribution in [-0.4, -0.2) is 23.7 Å². The van der Waals surface area contributed by atoms with Crippen molar-refractivity contribution < 1.29 is 9.90 Å². The van der Waals surface area contributed by atoms with Gasteiger partial charge in [0.05, 0.1) is 5.92 Å². The van der Waals surface area contributed by atoms with Crippen LogP contribution in [0.15, 0.2) is 0 Å². The minimum atomic E-state index is -0.597. The van der Waals surface area contributed by atoms with E-state index >= 15 is 0 Å². The Kier molecular flexibility index (Phi) is 4.66. The second-order valence-electron chi connectivity index (χ2n) is 6.64. The normalized spacial score (nSPS) is 36.4. The van der Waals surface area contributed by atoms with Gasteiger partial charge in [-0.25, -0.2) is 0 Å². The van der Waals surface area contributed by atoms with E-state index in [1.807, 2.05) is 0 Å². The summed E-state index contributed by atoms with van der Waals surface area (Å²) in [5, 5.41) is 12.6. The summed E-state index contributed by atoms with van der Waals surface area (Å²) in [6.45, 7) is 5.73. The molecule has 0 aromatic heterocycles. The molecule has 0 heterocycles. The van der Waals surface area contributed by atoms with Crippen LogP contribution in [0.5, 0.6) is 0 Å². The fourth-order valence-corrected chi connectivity index (χ4v) is 3.32. The minimum Gasteiger partial charge on any atom is -0.481 e. The number of carbonyl (C=O) groups is 1. The molecule has 2 fully saturated rings. The van der Waals surface area contributed by atoms with Gasteiger partial charge < -0.3 is 10.4 Å². The van der Waals surface area contributed by atoms with E-state index in [-0.39, 0.29) is 5.92 Å². The predicted octanol–water partition coefficient (Wildman–Crippen LogP) is 2.90. The molecule has 0 spiro atoms. The van der Waals surface area contributed by atoms with Crippen molar-refractivity contribution in [2.75, 3.05) is 6.54 Å². The lowest BCUT2D eigenvalue weighted by molar-refractivity contribution is -0.143. The molecular weight excluding hydrogens is 226 g/mol. The first-order valence-electron chi connectivity index (χ1n) is 7.52. The fourth-order valence-electron chi connectivity index (χ4n) is 3.32. The molecule has 2 aliphatic rings. The molecule has 0 amide bonds. The minimum absolute atomic E-state index is 0.0738. The summed E-state index contributed by atoms with van der Waals surface area (Å²) in [6, 6.07) is 0.731. The van der Waals surface area contributed by atoms with Crippen LogP contribution in [0.4, 0.5) is 0 Å². The van der Waals surface area contributed by atoms with Gasteiger partial charge in [-0.3, -0.25) is 4.79 Å². The zero-order valence-electron chi connectivity index (χ0n) is 11.7. The molecular formula is C15H27NO2. The van der Waals surface area contributed by atoms with Crippen molar-refractivity contribution >= 4 is 5.97 Å². The zero-order valence-corrected chi connectivity index (χ0v) is 11.7. The van der Waals surface area contributed by atoms with Gasteiger partial charge in [-0.05, 0) is 62.8 Å². The average molecular weight is 253 g/mol. The van der Waals surface area contributed by atoms with Crippen LogP contribution < -0.4 is 5.32 Å². The van der Waals surface area contributed by atoms with Crippen molar-refractivity contribution in [3.05, 3.63) is 0 Å². The second kappa shape index (κ2) is 6.05. The van der Waals surface area contributed by atoms with Crippen LogP contribution >= 0.6 is 0 Å². The van der Waals surface area contributed by atoms with Crippen molar-refractivity contribution in [3.8, 4) is 0 Å². The van der Waals surface area contributed by atoms with Crippen molar-refractivity contribution in [3.63, 3.8) is 0 Å². The van der Waals surface area contributed by atoms with E-state index in [2.05, 4.69) is 19.2 Å². The van der Waals surface area contributed by atoms with E-state index in [1.54, 1.807) is 0 Å². The zero-order chi connectivity index (χ0) is 13.1. The number of aliphatic carboxylic acids is 1. The summed E-state index contributed by atoms with van der Waals surface area (Å²) >= 11 is 0. The summed E-state index contributed by atoms with van der Waals surface area (Å²) in [5.41, 5.74) is 0. The first-order chi connectivity index (χ1) is 8.56. The number of carboxylic acids is 1. The lowest BCUT2D eigenvalue weighted by atomic mass is 9.73. The summed E-state index contributed by atoms with van der Waals surface area (Å²) in [5.74, 6) is 1.79. The highest BCUT2D eigenvalue weighted by Crippen LogP contribution is 2.34. The number of hydrogen-bond donors (Lipinski definition) is 2. The molecule has 0 aliphatic heterocycles.